The Bertz CT molecular complexity index is 117. The van der Waals surface area contributed by atoms with Crippen LogP contribution in [0.4, 0.5) is 0 Å². The molecule has 1 saturated heterocycles. The Morgan fingerprint density at radius 1 is 1.15 bits per heavy atom. The Labute approximate surface area is 96.8 Å². The third kappa shape index (κ3) is 7.09. The van der Waals surface area contributed by atoms with Crippen molar-refractivity contribution in [2.75, 3.05) is 24.0 Å². The standard InChI is InChI=1S/C7H15BS2.C2H6S/c1-7(2,3)6-4-9-8-10-5-6;1-3-2/h6,8H,4-5H2,1-3H3;1-2H3. The summed E-state index contributed by atoms with van der Waals surface area (Å²) in [5, 5.41) is 0. The van der Waals surface area contributed by atoms with E-state index in [2.05, 4.69) is 44.0 Å². The minimum atomic E-state index is 0.528. The van der Waals surface area contributed by atoms with Gasteiger partial charge in [0.25, 0.3) is 5.84 Å². The molecule has 1 fully saturated rings. The summed E-state index contributed by atoms with van der Waals surface area (Å²) in [6, 6.07) is 0. The highest BCUT2D eigenvalue weighted by Gasteiger charge is 2.26. The smallest absolute Gasteiger partial charge is 0.199 e. The van der Waals surface area contributed by atoms with Gasteiger partial charge in [-0.05, 0) is 35.4 Å². The molecule has 0 atom stereocenters. The van der Waals surface area contributed by atoms with E-state index in [0.717, 1.165) is 5.92 Å². The molecule has 0 aromatic carbocycles. The third-order valence-corrected chi connectivity index (χ3v) is 4.64. The third-order valence-electron chi connectivity index (χ3n) is 2.03. The van der Waals surface area contributed by atoms with Gasteiger partial charge < -0.3 is 0 Å². The lowest BCUT2D eigenvalue weighted by Crippen LogP contribution is -2.27. The van der Waals surface area contributed by atoms with Crippen LogP contribution in [0.3, 0.4) is 0 Å². The average Bonchev–Trinajstić information content (AvgIpc) is 2.06. The topological polar surface area (TPSA) is 0 Å². The molecular formula is C9H21BS3. The van der Waals surface area contributed by atoms with Crippen molar-refractivity contribution in [3.63, 3.8) is 0 Å². The second-order valence-electron chi connectivity index (χ2n) is 4.33. The van der Waals surface area contributed by atoms with E-state index in [1.165, 1.54) is 17.3 Å². The van der Waals surface area contributed by atoms with Crippen molar-refractivity contribution in [3.05, 3.63) is 0 Å². The van der Waals surface area contributed by atoms with Crippen LogP contribution >= 0.6 is 35.0 Å². The molecule has 1 heterocycles. The number of hydrogen-bond donors (Lipinski definition) is 0. The van der Waals surface area contributed by atoms with E-state index in [-0.39, 0.29) is 0 Å². The second-order valence-corrected chi connectivity index (χ2v) is 7.57. The van der Waals surface area contributed by atoms with Gasteiger partial charge >= 0.3 is 0 Å². The fourth-order valence-electron chi connectivity index (χ4n) is 0.988. The van der Waals surface area contributed by atoms with Gasteiger partial charge in [0, 0.05) is 0 Å². The van der Waals surface area contributed by atoms with Crippen LogP contribution in [0.5, 0.6) is 0 Å². The van der Waals surface area contributed by atoms with Gasteiger partial charge in [0.2, 0.25) is 0 Å². The molecule has 0 aromatic rings. The predicted molar refractivity (Wildman–Crippen MR) is 74.4 cm³/mol. The zero-order valence-electron chi connectivity index (χ0n) is 9.42. The summed E-state index contributed by atoms with van der Waals surface area (Å²) >= 11 is 5.94. The summed E-state index contributed by atoms with van der Waals surface area (Å²) in [7, 11) is 0. The lowest BCUT2D eigenvalue weighted by Gasteiger charge is -2.32. The number of rotatable bonds is 0. The zero-order valence-corrected chi connectivity index (χ0v) is 11.9. The summed E-state index contributed by atoms with van der Waals surface area (Å²) < 4.78 is 0. The van der Waals surface area contributed by atoms with Crippen molar-refractivity contribution < 1.29 is 0 Å². The molecule has 1 aliphatic heterocycles. The lowest BCUT2D eigenvalue weighted by molar-refractivity contribution is 0.294. The van der Waals surface area contributed by atoms with Crippen molar-refractivity contribution in [3.8, 4) is 0 Å². The average molecular weight is 236 g/mol. The monoisotopic (exact) mass is 236 g/mol. The summed E-state index contributed by atoms with van der Waals surface area (Å²) in [6.45, 7) is 7.05. The number of thioether (sulfide) groups is 1. The molecule has 78 valence electrons. The van der Waals surface area contributed by atoms with Crippen LogP contribution in [0.25, 0.3) is 0 Å². The van der Waals surface area contributed by atoms with Gasteiger partial charge in [0.15, 0.2) is 0 Å². The minimum absolute atomic E-state index is 0.528. The van der Waals surface area contributed by atoms with E-state index in [0.29, 0.717) is 5.41 Å². The van der Waals surface area contributed by atoms with E-state index in [4.69, 9.17) is 0 Å². The van der Waals surface area contributed by atoms with Gasteiger partial charge in [0.1, 0.15) is 0 Å². The molecule has 0 amide bonds. The second kappa shape index (κ2) is 7.41. The van der Waals surface area contributed by atoms with Gasteiger partial charge in [0.05, 0.1) is 0 Å². The highest BCUT2D eigenvalue weighted by Crippen LogP contribution is 2.35. The Balaban J connectivity index is 0.000000424. The van der Waals surface area contributed by atoms with E-state index in [9.17, 15) is 0 Å². The van der Waals surface area contributed by atoms with E-state index >= 15 is 0 Å². The summed E-state index contributed by atoms with van der Waals surface area (Å²) in [4.78, 5) is 0. The fourth-order valence-corrected chi connectivity index (χ4v) is 4.18. The number of hydrogen-bond acceptors (Lipinski definition) is 3. The molecule has 0 unspecified atom stereocenters. The molecule has 13 heavy (non-hydrogen) atoms. The molecule has 0 aliphatic carbocycles. The van der Waals surface area contributed by atoms with Crippen molar-refractivity contribution in [2.24, 2.45) is 11.3 Å². The van der Waals surface area contributed by atoms with Gasteiger partial charge in [-0.25, -0.2) is 0 Å². The maximum Gasteiger partial charge on any atom is 0.256 e. The molecule has 0 bridgehead atoms. The van der Waals surface area contributed by atoms with Crippen LogP contribution in [-0.4, -0.2) is 29.9 Å². The molecule has 0 spiro atoms. The lowest BCUT2D eigenvalue weighted by atomic mass is 9.83. The van der Waals surface area contributed by atoms with Crippen LogP contribution in [0.2, 0.25) is 0 Å². The van der Waals surface area contributed by atoms with Crippen molar-refractivity contribution in [1.82, 2.24) is 0 Å². The Morgan fingerprint density at radius 3 is 1.77 bits per heavy atom. The maximum atomic E-state index is 2.35. The molecule has 4 heteroatoms. The molecule has 0 saturated carbocycles. The SMILES string of the molecule is CC(C)(C)C1CSBSC1.CSC. The molecular weight excluding hydrogens is 215 g/mol. The first kappa shape index (κ1) is 14.1. The summed E-state index contributed by atoms with van der Waals surface area (Å²) in [6.07, 6.45) is 4.08. The normalized spacial score (nSPS) is 18.5. The minimum Gasteiger partial charge on any atom is -0.199 e. The largest absolute Gasteiger partial charge is 0.256 e. The first-order valence-electron chi connectivity index (χ1n) is 4.58. The van der Waals surface area contributed by atoms with Crippen LogP contribution in [0.1, 0.15) is 20.8 Å². The molecule has 0 aromatic heterocycles. The van der Waals surface area contributed by atoms with E-state index in [1.807, 2.05) is 12.5 Å². The van der Waals surface area contributed by atoms with Crippen molar-refractivity contribution in [1.29, 1.82) is 0 Å². The first-order valence-corrected chi connectivity index (χ1v) is 8.52. The van der Waals surface area contributed by atoms with Gasteiger partial charge in [-0.1, -0.05) is 20.8 Å². The molecule has 1 aliphatic rings. The fraction of sp³-hybridized carbons (Fsp3) is 1.00. The zero-order chi connectivity index (χ0) is 10.3. The van der Waals surface area contributed by atoms with E-state index < -0.39 is 0 Å². The van der Waals surface area contributed by atoms with E-state index in [1.54, 1.807) is 11.8 Å². The van der Waals surface area contributed by atoms with Crippen LogP contribution in [-0.2, 0) is 0 Å². The van der Waals surface area contributed by atoms with Crippen LogP contribution < -0.4 is 0 Å². The molecule has 0 radical (unpaired) electrons. The molecule has 1 rings (SSSR count). The quantitative estimate of drug-likeness (QED) is 0.592. The Morgan fingerprint density at radius 2 is 1.54 bits per heavy atom. The predicted octanol–water partition coefficient (Wildman–Crippen LogP) is 3.37. The first-order chi connectivity index (χ1) is 6.02. The summed E-state index contributed by atoms with van der Waals surface area (Å²) in [5.74, 6) is 4.98. The van der Waals surface area contributed by atoms with Gasteiger partial charge in [-0.15, -0.1) is 0 Å². The van der Waals surface area contributed by atoms with Crippen LogP contribution in [0, 0.1) is 11.3 Å². The Kier molecular flexibility index (Phi) is 8.05. The summed E-state index contributed by atoms with van der Waals surface area (Å²) in [5.41, 5.74) is 0.528. The van der Waals surface area contributed by atoms with Crippen LogP contribution in [0.15, 0.2) is 0 Å². The van der Waals surface area contributed by atoms with Crippen molar-refractivity contribution in [2.45, 2.75) is 20.8 Å². The molecule has 0 N–H and O–H groups in total. The highest BCUT2D eigenvalue weighted by molar-refractivity contribution is 8.50. The molecule has 0 nitrogen and oxygen atoms in total. The Hall–Kier alpha value is 1.11. The van der Waals surface area contributed by atoms with Gasteiger partial charge in [-0.2, -0.15) is 35.0 Å². The van der Waals surface area contributed by atoms with Gasteiger partial charge in [-0.3, -0.25) is 0 Å². The van der Waals surface area contributed by atoms with Crippen molar-refractivity contribution >= 4 is 40.8 Å². The maximum absolute atomic E-state index is 2.35. The highest BCUT2D eigenvalue weighted by atomic mass is 32.2.